The summed E-state index contributed by atoms with van der Waals surface area (Å²) in [6.07, 6.45) is 1.22. The van der Waals surface area contributed by atoms with E-state index in [0.717, 1.165) is 33.1 Å². The third-order valence-corrected chi connectivity index (χ3v) is 5.93. The minimum absolute atomic E-state index is 0.000982. The molecule has 1 N–H and O–H groups in total. The van der Waals surface area contributed by atoms with Crippen LogP contribution in [0.4, 0.5) is 9.93 Å². The molecule has 1 aromatic carbocycles. The summed E-state index contributed by atoms with van der Waals surface area (Å²) >= 11 is 1.55. The largest absolute Gasteiger partial charge is 0.493 e. The fourth-order valence-electron chi connectivity index (χ4n) is 3.71. The van der Waals surface area contributed by atoms with Gasteiger partial charge < -0.3 is 19.5 Å². The Morgan fingerprint density at radius 3 is 3.25 bits per heavy atom. The topological polar surface area (TPSA) is 72.9 Å². The van der Waals surface area contributed by atoms with Crippen molar-refractivity contribution in [3.63, 3.8) is 0 Å². The molecule has 0 aliphatic carbocycles. The second-order valence-corrected chi connectivity index (χ2v) is 7.22. The first-order valence-corrected chi connectivity index (χ1v) is 8.85. The predicted molar refractivity (Wildman–Crippen MR) is 88.8 cm³/mol. The number of rotatable bonds is 2. The van der Waals surface area contributed by atoms with E-state index >= 15 is 0 Å². The molecular weight excluding hydrogens is 330 g/mol. The number of amides is 2. The standard InChI is InChI=1S/C16H17N3O4S/c1-21-13-6-10-9(7-23-13)17-15(20)19(10)16-18-14-8-4-5-22-11(8)2-3-12(14)24-16/h2-3,9-10,13H,4-7H2,1H3,(H,17,20)/t9-,10+,13+/m0/s1. The molecule has 5 rings (SSSR count). The number of fused-ring (bicyclic) bond motifs is 4. The van der Waals surface area contributed by atoms with Crippen molar-refractivity contribution >= 4 is 32.7 Å². The zero-order chi connectivity index (χ0) is 16.3. The van der Waals surface area contributed by atoms with Crippen molar-refractivity contribution in [3.8, 4) is 5.75 Å². The molecule has 0 bridgehead atoms. The molecule has 24 heavy (non-hydrogen) atoms. The minimum Gasteiger partial charge on any atom is -0.493 e. The number of anilines is 1. The lowest BCUT2D eigenvalue weighted by Gasteiger charge is -2.32. The van der Waals surface area contributed by atoms with Crippen LogP contribution < -0.4 is 15.0 Å². The van der Waals surface area contributed by atoms with E-state index in [4.69, 9.17) is 19.2 Å². The predicted octanol–water partition coefficient (Wildman–Crippen LogP) is 1.89. The molecule has 0 spiro atoms. The van der Waals surface area contributed by atoms with Crippen molar-refractivity contribution in [2.24, 2.45) is 0 Å². The van der Waals surface area contributed by atoms with Crippen molar-refractivity contribution in [1.29, 1.82) is 0 Å². The maximum absolute atomic E-state index is 12.5. The zero-order valence-electron chi connectivity index (χ0n) is 13.2. The number of benzene rings is 1. The summed E-state index contributed by atoms with van der Waals surface area (Å²) < 4.78 is 17.6. The summed E-state index contributed by atoms with van der Waals surface area (Å²) in [5.74, 6) is 0.911. The van der Waals surface area contributed by atoms with Crippen LogP contribution >= 0.6 is 11.3 Å². The first-order chi connectivity index (χ1) is 11.7. The maximum Gasteiger partial charge on any atom is 0.324 e. The molecule has 7 nitrogen and oxygen atoms in total. The molecule has 2 fully saturated rings. The Kier molecular flexibility index (Phi) is 3.19. The lowest BCUT2D eigenvalue weighted by Crippen LogP contribution is -2.47. The SMILES string of the molecule is CO[C@H]1C[C@@H]2[C@H](CO1)NC(=O)N2c1nc2c3c(ccc2s1)OCC3. The highest BCUT2D eigenvalue weighted by molar-refractivity contribution is 7.22. The molecule has 8 heteroatoms. The number of hydrogen-bond acceptors (Lipinski definition) is 6. The van der Waals surface area contributed by atoms with Gasteiger partial charge in [0.05, 0.1) is 35.5 Å². The third kappa shape index (κ3) is 2.03. The van der Waals surface area contributed by atoms with Gasteiger partial charge in [-0.05, 0) is 12.1 Å². The van der Waals surface area contributed by atoms with Gasteiger partial charge in [-0.3, -0.25) is 4.90 Å². The van der Waals surface area contributed by atoms with E-state index in [1.54, 1.807) is 23.3 Å². The molecule has 2 aromatic rings. The van der Waals surface area contributed by atoms with E-state index in [0.29, 0.717) is 19.6 Å². The van der Waals surface area contributed by atoms with Gasteiger partial charge in [0.25, 0.3) is 0 Å². The molecule has 0 saturated carbocycles. The van der Waals surface area contributed by atoms with Crippen molar-refractivity contribution < 1.29 is 19.0 Å². The smallest absolute Gasteiger partial charge is 0.324 e. The molecule has 4 heterocycles. The van der Waals surface area contributed by atoms with Crippen LogP contribution in [0.1, 0.15) is 12.0 Å². The molecule has 0 unspecified atom stereocenters. The Labute approximate surface area is 142 Å². The average Bonchev–Trinajstić information content (AvgIpc) is 3.28. The fraction of sp³-hybridized carbons (Fsp3) is 0.500. The molecule has 2 saturated heterocycles. The fourth-order valence-corrected chi connectivity index (χ4v) is 4.76. The van der Waals surface area contributed by atoms with Gasteiger partial charge >= 0.3 is 6.03 Å². The summed E-state index contributed by atoms with van der Waals surface area (Å²) in [5.41, 5.74) is 2.10. The van der Waals surface area contributed by atoms with Crippen LogP contribution in [0.2, 0.25) is 0 Å². The molecule has 2 amide bonds. The van der Waals surface area contributed by atoms with Gasteiger partial charge in [0.15, 0.2) is 11.4 Å². The second-order valence-electron chi connectivity index (χ2n) is 6.21. The van der Waals surface area contributed by atoms with Crippen LogP contribution in [0, 0.1) is 0 Å². The Hall–Kier alpha value is -1.90. The highest BCUT2D eigenvalue weighted by Crippen LogP contribution is 2.40. The normalized spacial score (nSPS) is 28.6. The summed E-state index contributed by atoms with van der Waals surface area (Å²) in [5, 5.41) is 3.72. The highest BCUT2D eigenvalue weighted by atomic mass is 32.1. The van der Waals surface area contributed by atoms with E-state index in [9.17, 15) is 4.79 Å². The Morgan fingerprint density at radius 1 is 1.46 bits per heavy atom. The average molecular weight is 347 g/mol. The third-order valence-electron chi connectivity index (χ3n) is 4.91. The Balaban J connectivity index is 1.55. The molecular formula is C16H17N3O4S. The van der Waals surface area contributed by atoms with E-state index in [1.807, 2.05) is 12.1 Å². The second kappa shape index (κ2) is 5.30. The molecule has 1 aromatic heterocycles. The zero-order valence-corrected chi connectivity index (χ0v) is 14.0. The van der Waals surface area contributed by atoms with Crippen LogP contribution in [-0.2, 0) is 15.9 Å². The van der Waals surface area contributed by atoms with Gasteiger partial charge in [0, 0.05) is 25.5 Å². The number of nitrogens with zero attached hydrogens (tertiary/aromatic N) is 2. The van der Waals surface area contributed by atoms with Gasteiger partial charge in [0.1, 0.15) is 5.75 Å². The van der Waals surface area contributed by atoms with Crippen molar-refractivity contribution in [2.75, 3.05) is 25.2 Å². The van der Waals surface area contributed by atoms with Crippen LogP contribution in [-0.4, -0.2) is 49.7 Å². The van der Waals surface area contributed by atoms with Crippen LogP contribution in [0.25, 0.3) is 10.2 Å². The number of methoxy groups -OCH3 is 1. The lowest BCUT2D eigenvalue weighted by atomic mass is 10.0. The lowest BCUT2D eigenvalue weighted by molar-refractivity contribution is -0.153. The number of carbonyl (C=O) groups is 1. The number of aromatic nitrogens is 1. The van der Waals surface area contributed by atoms with E-state index in [2.05, 4.69) is 5.32 Å². The molecule has 126 valence electrons. The number of nitrogens with one attached hydrogen (secondary N) is 1. The number of thiazole rings is 1. The highest BCUT2D eigenvalue weighted by Gasteiger charge is 2.46. The van der Waals surface area contributed by atoms with Crippen LogP contribution in [0.5, 0.6) is 5.75 Å². The number of urea groups is 1. The van der Waals surface area contributed by atoms with E-state index in [-0.39, 0.29) is 24.4 Å². The monoisotopic (exact) mass is 347 g/mol. The van der Waals surface area contributed by atoms with Gasteiger partial charge in [-0.1, -0.05) is 11.3 Å². The van der Waals surface area contributed by atoms with E-state index < -0.39 is 0 Å². The van der Waals surface area contributed by atoms with Crippen molar-refractivity contribution in [3.05, 3.63) is 17.7 Å². The molecule has 3 aliphatic heterocycles. The number of carbonyl (C=O) groups excluding carboxylic acids is 1. The maximum atomic E-state index is 12.5. The molecule has 3 aliphatic rings. The number of hydrogen-bond donors (Lipinski definition) is 1. The van der Waals surface area contributed by atoms with Gasteiger partial charge in [-0.25, -0.2) is 9.78 Å². The van der Waals surface area contributed by atoms with Crippen LogP contribution in [0.3, 0.4) is 0 Å². The summed E-state index contributed by atoms with van der Waals surface area (Å²) in [7, 11) is 1.63. The number of ether oxygens (including phenoxy) is 3. The summed E-state index contributed by atoms with van der Waals surface area (Å²) in [6.45, 7) is 1.16. The Bertz CT molecular complexity index is 823. The van der Waals surface area contributed by atoms with Gasteiger partial charge in [-0.2, -0.15) is 0 Å². The van der Waals surface area contributed by atoms with Gasteiger partial charge in [-0.15, -0.1) is 0 Å². The van der Waals surface area contributed by atoms with E-state index in [1.165, 1.54) is 0 Å². The molecule has 0 radical (unpaired) electrons. The first kappa shape index (κ1) is 14.4. The minimum atomic E-state index is -0.284. The summed E-state index contributed by atoms with van der Waals surface area (Å²) in [6, 6.07) is 3.88. The first-order valence-electron chi connectivity index (χ1n) is 8.04. The Morgan fingerprint density at radius 2 is 2.38 bits per heavy atom. The summed E-state index contributed by atoms with van der Waals surface area (Å²) in [4.78, 5) is 19.1. The molecule has 3 atom stereocenters. The van der Waals surface area contributed by atoms with Crippen molar-refractivity contribution in [2.45, 2.75) is 31.2 Å². The van der Waals surface area contributed by atoms with Gasteiger partial charge in [0.2, 0.25) is 0 Å². The quantitative estimate of drug-likeness (QED) is 0.898. The van der Waals surface area contributed by atoms with Crippen LogP contribution in [0.15, 0.2) is 12.1 Å². The van der Waals surface area contributed by atoms with Crippen molar-refractivity contribution in [1.82, 2.24) is 10.3 Å².